The number of fused-ring (bicyclic) bond motifs is 1. The Morgan fingerprint density at radius 1 is 1.12 bits per heavy atom. The Balaban J connectivity index is 1.44. The molecular formula is C21H20N2O2. The van der Waals surface area contributed by atoms with Gasteiger partial charge in [0, 0.05) is 18.9 Å². The van der Waals surface area contributed by atoms with Crippen molar-refractivity contribution in [1.82, 2.24) is 9.88 Å². The molecule has 0 aliphatic carbocycles. The minimum Gasteiger partial charge on any atom is -0.484 e. The van der Waals surface area contributed by atoms with E-state index in [1.165, 1.54) is 0 Å². The van der Waals surface area contributed by atoms with Crippen LogP contribution in [0.25, 0.3) is 10.8 Å². The SMILES string of the molecule is O=C(COc1ccc2ccccc2c1)N1CCC[C@@H]1c1cccnc1. The third-order valence-electron chi connectivity index (χ3n) is 4.73. The molecule has 25 heavy (non-hydrogen) atoms. The van der Waals surface area contributed by atoms with E-state index in [0.717, 1.165) is 41.5 Å². The predicted molar refractivity (Wildman–Crippen MR) is 97.4 cm³/mol. The zero-order chi connectivity index (χ0) is 17.1. The van der Waals surface area contributed by atoms with Crippen molar-refractivity contribution in [2.45, 2.75) is 18.9 Å². The summed E-state index contributed by atoms with van der Waals surface area (Å²) in [6.07, 6.45) is 5.60. The van der Waals surface area contributed by atoms with E-state index in [9.17, 15) is 4.79 Å². The zero-order valence-electron chi connectivity index (χ0n) is 14.0. The minimum atomic E-state index is 0.0273. The molecule has 1 aromatic heterocycles. The second-order valence-corrected chi connectivity index (χ2v) is 6.33. The van der Waals surface area contributed by atoms with E-state index in [0.29, 0.717) is 0 Å². The van der Waals surface area contributed by atoms with Gasteiger partial charge >= 0.3 is 0 Å². The van der Waals surface area contributed by atoms with E-state index < -0.39 is 0 Å². The van der Waals surface area contributed by atoms with E-state index in [1.807, 2.05) is 59.6 Å². The van der Waals surface area contributed by atoms with Gasteiger partial charge in [-0.3, -0.25) is 9.78 Å². The average Bonchev–Trinajstić information content (AvgIpc) is 3.16. The molecule has 3 aromatic rings. The molecule has 126 valence electrons. The quantitative estimate of drug-likeness (QED) is 0.726. The normalized spacial score (nSPS) is 17.0. The van der Waals surface area contributed by atoms with Gasteiger partial charge in [0.1, 0.15) is 5.75 Å². The van der Waals surface area contributed by atoms with Crippen molar-refractivity contribution in [2.24, 2.45) is 0 Å². The van der Waals surface area contributed by atoms with Crippen molar-refractivity contribution in [1.29, 1.82) is 0 Å². The van der Waals surface area contributed by atoms with Crippen LogP contribution in [0.2, 0.25) is 0 Å². The molecule has 0 unspecified atom stereocenters. The fourth-order valence-electron chi connectivity index (χ4n) is 3.47. The summed E-state index contributed by atoms with van der Waals surface area (Å²) in [5.41, 5.74) is 1.10. The lowest BCUT2D eigenvalue weighted by molar-refractivity contribution is -0.134. The zero-order valence-corrected chi connectivity index (χ0v) is 14.0. The van der Waals surface area contributed by atoms with Crippen LogP contribution in [0.5, 0.6) is 5.75 Å². The highest BCUT2D eigenvalue weighted by Crippen LogP contribution is 2.31. The van der Waals surface area contributed by atoms with Crippen LogP contribution >= 0.6 is 0 Å². The Labute approximate surface area is 147 Å². The summed E-state index contributed by atoms with van der Waals surface area (Å²) in [6.45, 7) is 0.842. The van der Waals surface area contributed by atoms with Crippen LogP contribution in [0.1, 0.15) is 24.4 Å². The predicted octanol–water partition coefficient (Wildman–Crippen LogP) is 3.98. The van der Waals surface area contributed by atoms with E-state index in [-0.39, 0.29) is 18.6 Å². The van der Waals surface area contributed by atoms with E-state index >= 15 is 0 Å². The first-order valence-electron chi connectivity index (χ1n) is 8.62. The van der Waals surface area contributed by atoms with Gasteiger partial charge in [0.15, 0.2) is 6.61 Å². The number of carbonyl (C=O) groups is 1. The van der Waals surface area contributed by atoms with Crippen LogP contribution < -0.4 is 4.74 Å². The van der Waals surface area contributed by atoms with Gasteiger partial charge in [0.05, 0.1) is 6.04 Å². The largest absolute Gasteiger partial charge is 0.484 e. The first-order valence-corrected chi connectivity index (χ1v) is 8.62. The maximum Gasteiger partial charge on any atom is 0.261 e. The van der Waals surface area contributed by atoms with Crippen LogP contribution in [0.4, 0.5) is 0 Å². The summed E-state index contributed by atoms with van der Waals surface area (Å²) < 4.78 is 5.77. The first-order chi connectivity index (χ1) is 12.3. The van der Waals surface area contributed by atoms with Crippen molar-refractivity contribution >= 4 is 16.7 Å². The third kappa shape index (κ3) is 3.33. The van der Waals surface area contributed by atoms with Crippen molar-refractivity contribution in [2.75, 3.05) is 13.2 Å². The Morgan fingerprint density at radius 2 is 2.00 bits per heavy atom. The Kier molecular flexibility index (Phi) is 4.34. The number of rotatable bonds is 4. The summed E-state index contributed by atoms with van der Waals surface area (Å²) >= 11 is 0. The number of ether oxygens (including phenoxy) is 1. The number of likely N-dealkylation sites (tertiary alicyclic amines) is 1. The molecule has 0 radical (unpaired) electrons. The molecular weight excluding hydrogens is 312 g/mol. The Bertz CT molecular complexity index is 879. The van der Waals surface area contributed by atoms with Crippen molar-refractivity contribution in [3.05, 3.63) is 72.6 Å². The van der Waals surface area contributed by atoms with Crippen LogP contribution in [-0.4, -0.2) is 28.9 Å². The number of hydrogen-bond donors (Lipinski definition) is 0. The fraction of sp³-hybridized carbons (Fsp3) is 0.238. The Hall–Kier alpha value is -2.88. The van der Waals surface area contributed by atoms with Crippen molar-refractivity contribution < 1.29 is 9.53 Å². The highest BCUT2D eigenvalue weighted by atomic mass is 16.5. The maximum absolute atomic E-state index is 12.6. The molecule has 2 heterocycles. The standard InChI is InChI=1S/C21H20N2O2/c24-21(23-12-4-8-20(23)18-7-3-11-22-14-18)15-25-19-10-9-16-5-1-2-6-17(16)13-19/h1-3,5-7,9-11,13-14,20H,4,8,12,15H2/t20-/m1/s1. The van der Waals surface area contributed by atoms with Gasteiger partial charge in [-0.2, -0.15) is 0 Å². The second-order valence-electron chi connectivity index (χ2n) is 6.33. The molecule has 1 atom stereocenters. The van der Waals surface area contributed by atoms with Crippen molar-refractivity contribution in [3.63, 3.8) is 0 Å². The number of aromatic nitrogens is 1. The van der Waals surface area contributed by atoms with Crippen LogP contribution in [0, 0.1) is 0 Å². The summed E-state index contributed by atoms with van der Waals surface area (Å²) in [5, 5.41) is 2.28. The molecule has 1 amide bonds. The third-order valence-corrected chi connectivity index (χ3v) is 4.73. The molecule has 4 rings (SSSR count). The lowest BCUT2D eigenvalue weighted by Crippen LogP contribution is -2.34. The average molecular weight is 332 g/mol. The highest BCUT2D eigenvalue weighted by molar-refractivity contribution is 5.84. The lowest BCUT2D eigenvalue weighted by atomic mass is 10.1. The highest BCUT2D eigenvalue weighted by Gasteiger charge is 2.30. The van der Waals surface area contributed by atoms with Crippen LogP contribution in [-0.2, 0) is 4.79 Å². The number of nitrogens with zero attached hydrogens (tertiary/aromatic N) is 2. The van der Waals surface area contributed by atoms with E-state index in [1.54, 1.807) is 6.20 Å². The van der Waals surface area contributed by atoms with E-state index in [4.69, 9.17) is 4.74 Å². The molecule has 0 bridgehead atoms. The van der Waals surface area contributed by atoms with Gasteiger partial charge in [0.25, 0.3) is 5.91 Å². The van der Waals surface area contributed by atoms with Gasteiger partial charge in [0.2, 0.25) is 0 Å². The summed E-state index contributed by atoms with van der Waals surface area (Å²) in [7, 11) is 0. The maximum atomic E-state index is 12.6. The molecule has 0 spiro atoms. The van der Waals surface area contributed by atoms with Gasteiger partial charge in [-0.1, -0.05) is 36.4 Å². The molecule has 0 N–H and O–H groups in total. The summed E-state index contributed by atoms with van der Waals surface area (Å²) in [4.78, 5) is 18.7. The molecule has 0 saturated carbocycles. The number of carbonyl (C=O) groups excluding carboxylic acids is 1. The van der Waals surface area contributed by atoms with E-state index in [2.05, 4.69) is 11.1 Å². The van der Waals surface area contributed by atoms with Crippen LogP contribution in [0.15, 0.2) is 67.0 Å². The van der Waals surface area contributed by atoms with Gasteiger partial charge in [-0.15, -0.1) is 0 Å². The molecule has 4 nitrogen and oxygen atoms in total. The molecule has 4 heteroatoms. The van der Waals surface area contributed by atoms with Gasteiger partial charge in [-0.25, -0.2) is 0 Å². The molecule has 2 aromatic carbocycles. The Morgan fingerprint density at radius 3 is 2.84 bits per heavy atom. The van der Waals surface area contributed by atoms with Gasteiger partial charge in [-0.05, 0) is 47.4 Å². The molecule has 1 saturated heterocycles. The monoisotopic (exact) mass is 332 g/mol. The topological polar surface area (TPSA) is 42.4 Å². The lowest BCUT2D eigenvalue weighted by Gasteiger charge is -2.24. The molecule has 1 fully saturated rings. The number of hydrogen-bond acceptors (Lipinski definition) is 3. The molecule has 1 aliphatic heterocycles. The van der Waals surface area contributed by atoms with Crippen molar-refractivity contribution in [3.8, 4) is 5.75 Å². The summed E-state index contributed by atoms with van der Waals surface area (Å²) in [6, 6.07) is 18.1. The minimum absolute atomic E-state index is 0.0273. The van der Waals surface area contributed by atoms with Gasteiger partial charge < -0.3 is 9.64 Å². The number of benzene rings is 2. The first kappa shape index (κ1) is 15.6. The smallest absolute Gasteiger partial charge is 0.261 e. The van der Waals surface area contributed by atoms with Crippen LogP contribution in [0.3, 0.4) is 0 Å². The fourth-order valence-corrected chi connectivity index (χ4v) is 3.47. The molecule has 1 aliphatic rings. The second kappa shape index (κ2) is 6.93. The number of pyridine rings is 1. The summed E-state index contributed by atoms with van der Waals surface area (Å²) in [5.74, 6) is 0.753. The number of amides is 1.